The Morgan fingerprint density at radius 2 is 1.96 bits per heavy atom. The fraction of sp³-hybridized carbons (Fsp3) is 0.158. The molecule has 0 atom stereocenters. The van der Waals surface area contributed by atoms with Crippen LogP contribution in [0.25, 0.3) is 11.1 Å². The van der Waals surface area contributed by atoms with Crippen LogP contribution in [0.5, 0.6) is 0 Å². The number of hydrogen-bond donors (Lipinski definition) is 1. The highest BCUT2D eigenvalue weighted by molar-refractivity contribution is 7.17. The molecule has 1 amide bonds. The molecule has 0 saturated heterocycles. The Balaban J connectivity index is 2.06. The highest BCUT2D eigenvalue weighted by atomic mass is 32.1. The molecule has 0 aliphatic carbocycles. The second-order valence-corrected chi connectivity index (χ2v) is 6.92. The van der Waals surface area contributed by atoms with Gasteiger partial charge in [-0.05, 0) is 43.7 Å². The van der Waals surface area contributed by atoms with Gasteiger partial charge >= 0.3 is 5.97 Å². The molecule has 0 fully saturated rings. The molecule has 3 aromatic rings. The van der Waals surface area contributed by atoms with Crippen LogP contribution in [0.15, 0.2) is 47.1 Å². The number of nitro benzene ring substituents is 1. The second-order valence-electron chi connectivity index (χ2n) is 5.69. The normalized spacial score (nSPS) is 10.5. The largest absolute Gasteiger partial charge is 0.462 e. The number of thiophene rings is 1. The lowest BCUT2D eigenvalue weighted by Crippen LogP contribution is -2.14. The van der Waals surface area contributed by atoms with Crippen LogP contribution < -0.4 is 5.32 Å². The van der Waals surface area contributed by atoms with Gasteiger partial charge in [-0.3, -0.25) is 14.9 Å². The van der Waals surface area contributed by atoms with Crippen molar-refractivity contribution in [2.75, 3.05) is 11.9 Å². The molecule has 0 radical (unpaired) electrons. The zero-order valence-corrected chi connectivity index (χ0v) is 15.9. The molecule has 3 rings (SSSR count). The zero-order valence-electron chi connectivity index (χ0n) is 15.1. The number of carbonyl (C=O) groups excluding carboxylic acids is 2. The average molecular weight is 400 g/mol. The van der Waals surface area contributed by atoms with Crippen molar-refractivity contribution in [2.45, 2.75) is 13.8 Å². The zero-order chi connectivity index (χ0) is 20.3. The lowest BCUT2D eigenvalue weighted by Gasteiger charge is -2.08. The first kappa shape index (κ1) is 19.3. The summed E-state index contributed by atoms with van der Waals surface area (Å²) in [7, 11) is 0. The lowest BCUT2D eigenvalue weighted by molar-refractivity contribution is -0.384. The molecule has 9 heteroatoms. The highest BCUT2D eigenvalue weighted by Crippen LogP contribution is 2.41. The third-order valence-electron chi connectivity index (χ3n) is 3.90. The molecule has 2 heterocycles. The standard InChI is InChI=1S/C19H16N2O6S/c1-3-26-19(23)16-15(12-6-8-13(9-7-12)21(24)25)11(2)28-18(16)20-17(22)14-5-4-10-27-14/h4-10H,3H2,1-2H3,(H,20,22). The molecule has 28 heavy (non-hydrogen) atoms. The first-order chi connectivity index (χ1) is 13.4. The number of carbonyl (C=O) groups is 2. The maximum absolute atomic E-state index is 12.6. The minimum absolute atomic E-state index is 0.0549. The summed E-state index contributed by atoms with van der Waals surface area (Å²) in [5, 5.41) is 13.9. The second kappa shape index (κ2) is 8.05. The highest BCUT2D eigenvalue weighted by Gasteiger charge is 2.26. The number of nitro groups is 1. The van der Waals surface area contributed by atoms with Gasteiger partial charge in [0, 0.05) is 22.6 Å². The molecular weight excluding hydrogens is 384 g/mol. The van der Waals surface area contributed by atoms with Crippen molar-refractivity contribution < 1.29 is 23.7 Å². The average Bonchev–Trinajstić information content (AvgIpc) is 3.30. The van der Waals surface area contributed by atoms with Gasteiger partial charge in [0.2, 0.25) is 0 Å². The smallest absolute Gasteiger partial charge is 0.341 e. The quantitative estimate of drug-likeness (QED) is 0.366. The van der Waals surface area contributed by atoms with E-state index < -0.39 is 16.8 Å². The minimum Gasteiger partial charge on any atom is -0.462 e. The first-order valence-electron chi connectivity index (χ1n) is 8.32. The van der Waals surface area contributed by atoms with E-state index in [9.17, 15) is 19.7 Å². The molecule has 0 aliphatic heterocycles. The van der Waals surface area contributed by atoms with E-state index in [1.54, 1.807) is 32.0 Å². The molecule has 0 unspecified atom stereocenters. The number of non-ortho nitro benzene ring substituents is 1. The number of nitrogens with one attached hydrogen (secondary N) is 1. The van der Waals surface area contributed by atoms with E-state index in [2.05, 4.69) is 5.32 Å². The molecule has 0 saturated carbocycles. The van der Waals surface area contributed by atoms with Gasteiger partial charge in [-0.1, -0.05) is 0 Å². The Hall–Kier alpha value is -3.46. The summed E-state index contributed by atoms with van der Waals surface area (Å²) < 4.78 is 10.2. The monoisotopic (exact) mass is 400 g/mol. The number of benzene rings is 1. The van der Waals surface area contributed by atoms with Gasteiger partial charge in [-0.2, -0.15) is 0 Å². The first-order valence-corrected chi connectivity index (χ1v) is 9.14. The van der Waals surface area contributed by atoms with Crippen molar-refractivity contribution in [1.82, 2.24) is 0 Å². The molecular formula is C19H16N2O6S. The van der Waals surface area contributed by atoms with Gasteiger partial charge in [-0.25, -0.2) is 4.79 Å². The van der Waals surface area contributed by atoms with Crippen molar-refractivity contribution in [2.24, 2.45) is 0 Å². The van der Waals surface area contributed by atoms with Crippen LogP contribution in [0.3, 0.4) is 0 Å². The number of ether oxygens (including phenoxy) is 1. The van der Waals surface area contributed by atoms with Crippen LogP contribution in [0, 0.1) is 17.0 Å². The number of hydrogen-bond acceptors (Lipinski definition) is 7. The van der Waals surface area contributed by atoms with E-state index in [1.807, 2.05) is 0 Å². The number of nitrogens with zero attached hydrogens (tertiary/aromatic N) is 1. The van der Waals surface area contributed by atoms with Crippen molar-refractivity contribution in [1.29, 1.82) is 0 Å². The van der Waals surface area contributed by atoms with Crippen LogP contribution in [0.4, 0.5) is 10.7 Å². The van der Waals surface area contributed by atoms with Crippen LogP contribution in [-0.2, 0) is 4.74 Å². The van der Waals surface area contributed by atoms with Crippen LogP contribution in [-0.4, -0.2) is 23.4 Å². The van der Waals surface area contributed by atoms with Crippen molar-refractivity contribution in [3.8, 4) is 11.1 Å². The van der Waals surface area contributed by atoms with Crippen molar-refractivity contribution in [3.05, 3.63) is 69.0 Å². The number of anilines is 1. The summed E-state index contributed by atoms with van der Waals surface area (Å²) >= 11 is 1.22. The molecule has 2 aromatic heterocycles. The van der Waals surface area contributed by atoms with Crippen LogP contribution in [0.2, 0.25) is 0 Å². The third-order valence-corrected chi connectivity index (χ3v) is 4.92. The predicted octanol–water partition coefficient (Wildman–Crippen LogP) is 4.65. The Bertz CT molecular complexity index is 1020. The Morgan fingerprint density at radius 3 is 2.54 bits per heavy atom. The number of rotatable bonds is 6. The molecule has 8 nitrogen and oxygen atoms in total. The number of aryl methyl sites for hydroxylation is 1. The van der Waals surface area contributed by atoms with Gasteiger partial charge in [0.1, 0.15) is 10.6 Å². The molecule has 0 spiro atoms. The van der Waals surface area contributed by atoms with Gasteiger partial charge in [0.25, 0.3) is 11.6 Å². The lowest BCUT2D eigenvalue weighted by atomic mass is 10.0. The van der Waals surface area contributed by atoms with E-state index in [1.165, 1.54) is 35.8 Å². The van der Waals surface area contributed by atoms with Gasteiger partial charge in [-0.15, -0.1) is 11.3 Å². The molecule has 1 N–H and O–H groups in total. The number of amides is 1. The molecule has 0 bridgehead atoms. The number of furan rings is 1. The van der Waals surface area contributed by atoms with Gasteiger partial charge in [0.05, 0.1) is 17.8 Å². The maximum Gasteiger partial charge on any atom is 0.341 e. The van der Waals surface area contributed by atoms with Gasteiger partial charge < -0.3 is 14.5 Å². The van der Waals surface area contributed by atoms with Gasteiger partial charge in [0.15, 0.2) is 5.76 Å². The summed E-state index contributed by atoms with van der Waals surface area (Å²) in [5.74, 6) is -0.972. The van der Waals surface area contributed by atoms with E-state index in [4.69, 9.17) is 9.15 Å². The van der Waals surface area contributed by atoms with E-state index >= 15 is 0 Å². The fourth-order valence-electron chi connectivity index (χ4n) is 2.70. The predicted molar refractivity (Wildman–Crippen MR) is 104 cm³/mol. The molecule has 144 valence electrons. The van der Waals surface area contributed by atoms with E-state index in [-0.39, 0.29) is 23.6 Å². The Morgan fingerprint density at radius 1 is 1.25 bits per heavy atom. The fourth-order valence-corrected chi connectivity index (χ4v) is 3.76. The maximum atomic E-state index is 12.6. The van der Waals surface area contributed by atoms with Crippen LogP contribution in [0.1, 0.15) is 32.7 Å². The topological polar surface area (TPSA) is 112 Å². The summed E-state index contributed by atoms with van der Waals surface area (Å²) in [6.45, 7) is 3.65. The third kappa shape index (κ3) is 3.79. The minimum atomic E-state index is -0.588. The van der Waals surface area contributed by atoms with Crippen molar-refractivity contribution in [3.63, 3.8) is 0 Å². The summed E-state index contributed by atoms with van der Waals surface area (Å²) in [6, 6.07) is 8.95. The molecule has 1 aromatic carbocycles. The summed E-state index contributed by atoms with van der Waals surface area (Å²) in [5.41, 5.74) is 1.33. The summed E-state index contributed by atoms with van der Waals surface area (Å²) in [6.07, 6.45) is 1.38. The summed E-state index contributed by atoms with van der Waals surface area (Å²) in [4.78, 5) is 36.1. The number of esters is 1. The van der Waals surface area contributed by atoms with Crippen molar-refractivity contribution >= 4 is 33.9 Å². The Kier molecular flexibility index (Phi) is 5.55. The molecule has 0 aliphatic rings. The Labute approximate surface area is 163 Å². The SMILES string of the molecule is CCOC(=O)c1c(NC(=O)c2ccco2)sc(C)c1-c1ccc([N+](=O)[O-])cc1. The van der Waals surface area contributed by atoms with E-state index in [0.717, 1.165) is 4.88 Å². The van der Waals surface area contributed by atoms with E-state index in [0.29, 0.717) is 16.1 Å². The van der Waals surface area contributed by atoms with Crippen LogP contribution >= 0.6 is 11.3 Å².